The molecule has 12 heavy (non-hydrogen) atoms. The van der Waals surface area contributed by atoms with Gasteiger partial charge in [0.25, 0.3) is 0 Å². The van der Waals surface area contributed by atoms with Gasteiger partial charge in [-0.3, -0.25) is 0 Å². The van der Waals surface area contributed by atoms with Crippen LogP contribution in [0, 0.1) is 11.3 Å². The molecule has 72 valence electrons. The number of hydrogen-bond donors (Lipinski definition) is 1. The van der Waals surface area contributed by atoms with Gasteiger partial charge in [-0.15, -0.1) is 0 Å². The maximum atomic E-state index is 5.82. The summed E-state index contributed by atoms with van der Waals surface area (Å²) in [6.07, 6.45) is 3.69. The summed E-state index contributed by atoms with van der Waals surface area (Å²) in [6, 6.07) is 0. The third-order valence-corrected chi connectivity index (χ3v) is 3.31. The lowest BCUT2D eigenvalue weighted by molar-refractivity contribution is 0.114. The molecule has 1 aliphatic heterocycles. The zero-order valence-corrected chi connectivity index (χ0v) is 8.31. The average molecular weight is 171 g/mol. The van der Waals surface area contributed by atoms with Crippen molar-refractivity contribution in [3.8, 4) is 0 Å². The van der Waals surface area contributed by atoms with Crippen molar-refractivity contribution in [3.05, 3.63) is 0 Å². The predicted molar refractivity (Wildman–Crippen MR) is 51.0 cm³/mol. The van der Waals surface area contributed by atoms with Gasteiger partial charge in [0, 0.05) is 18.6 Å². The van der Waals surface area contributed by atoms with Crippen molar-refractivity contribution < 1.29 is 4.74 Å². The molecule has 0 spiro atoms. The molecule has 2 N–H and O–H groups in total. The van der Waals surface area contributed by atoms with Crippen LogP contribution in [0.2, 0.25) is 0 Å². The van der Waals surface area contributed by atoms with Gasteiger partial charge in [0.2, 0.25) is 0 Å². The van der Waals surface area contributed by atoms with Crippen molar-refractivity contribution in [2.24, 2.45) is 17.1 Å². The van der Waals surface area contributed by atoms with Crippen LogP contribution in [0.5, 0.6) is 0 Å². The first-order chi connectivity index (χ1) is 5.75. The average Bonchev–Trinajstić information content (AvgIpc) is 2.54. The Morgan fingerprint density at radius 1 is 1.58 bits per heavy atom. The maximum absolute atomic E-state index is 5.82. The van der Waals surface area contributed by atoms with Crippen molar-refractivity contribution in [2.45, 2.75) is 33.1 Å². The first-order valence-corrected chi connectivity index (χ1v) is 5.03. The number of nitrogens with two attached hydrogens (primary N) is 1. The normalized spacial score (nSPS) is 32.2. The zero-order chi connectivity index (χ0) is 9.03. The largest absolute Gasteiger partial charge is 0.381 e. The Morgan fingerprint density at radius 2 is 2.33 bits per heavy atom. The molecule has 1 heterocycles. The zero-order valence-electron chi connectivity index (χ0n) is 8.31. The lowest BCUT2D eigenvalue weighted by atomic mass is 9.74. The highest BCUT2D eigenvalue weighted by atomic mass is 16.5. The van der Waals surface area contributed by atoms with Crippen molar-refractivity contribution in [3.63, 3.8) is 0 Å². The van der Waals surface area contributed by atoms with Crippen LogP contribution in [0.15, 0.2) is 0 Å². The van der Waals surface area contributed by atoms with E-state index in [1.54, 1.807) is 0 Å². The van der Waals surface area contributed by atoms with E-state index in [2.05, 4.69) is 13.8 Å². The second kappa shape index (κ2) is 4.24. The molecule has 1 saturated heterocycles. The van der Waals surface area contributed by atoms with E-state index in [9.17, 15) is 0 Å². The number of hydrogen-bond acceptors (Lipinski definition) is 2. The molecular weight excluding hydrogens is 150 g/mol. The SMILES string of the molecule is CCCC(C)C1(CN)CCOC1. The first kappa shape index (κ1) is 10.0. The summed E-state index contributed by atoms with van der Waals surface area (Å²) < 4.78 is 5.44. The second-order valence-electron chi connectivity index (χ2n) is 4.06. The summed E-state index contributed by atoms with van der Waals surface area (Å²) in [5.74, 6) is 0.718. The number of ether oxygens (including phenoxy) is 1. The van der Waals surface area contributed by atoms with E-state index in [0.29, 0.717) is 5.41 Å². The first-order valence-electron chi connectivity index (χ1n) is 5.03. The lowest BCUT2D eigenvalue weighted by Crippen LogP contribution is -2.37. The molecule has 1 rings (SSSR count). The molecule has 0 amide bonds. The quantitative estimate of drug-likeness (QED) is 0.700. The van der Waals surface area contributed by atoms with Crippen LogP contribution in [-0.4, -0.2) is 19.8 Å². The Labute approximate surface area is 75.5 Å². The van der Waals surface area contributed by atoms with Crippen molar-refractivity contribution in [1.82, 2.24) is 0 Å². The highest BCUT2D eigenvalue weighted by Gasteiger charge is 2.37. The van der Waals surface area contributed by atoms with E-state index >= 15 is 0 Å². The Hall–Kier alpha value is -0.0800. The van der Waals surface area contributed by atoms with E-state index in [1.165, 1.54) is 12.8 Å². The van der Waals surface area contributed by atoms with Crippen molar-refractivity contribution in [2.75, 3.05) is 19.8 Å². The minimum Gasteiger partial charge on any atom is -0.381 e. The Balaban J connectivity index is 2.52. The van der Waals surface area contributed by atoms with Gasteiger partial charge in [-0.1, -0.05) is 26.7 Å². The molecule has 0 aromatic rings. The molecule has 0 bridgehead atoms. The Bertz CT molecular complexity index is 130. The van der Waals surface area contributed by atoms with Crippen molar-refractivity contribution in [1.29, 1.82) is 0 Å². The van der Waals surface area contributed by atoms with E-state index in [1.807, 2.05) is 0 Å². The monoisotopic (exact) mass is 171 g/mol. The van der Waals surface area contributed by atoms with E-state index in [-0.39, 0.29) is 0 Å². The van der Waals surface area contributed by atoms with Crippen LogP contribution >= 0.6 is 0 Å². The Kier molecular flexibility index (Phi) is 3.53. The van der Waals surface area contributed by atoms with Crippen LogP contribution in [0.1, 0.15) is 33.1 Å². The summed E-state index contributed by atoms with van der Waals surface area (Å²) in [5, 5.41) is 0. The van der Waals surface area contributed by atoms with Crippen LogP contribution in [0.25, 0.3) is 0 Å². The molecule has 1 fully saturated rings. The van der Waals surface area contributed by atoms with Gasteiger partial charge in [0.05, 0.1) is 6.61 Å². The summed E-state index contributed by atoms with van der Waals surface area (Å²) in [5.41, 5.74) is 6.12. The summed E-state index contributed by atoms with van der Waals surface area (Å²) >= 11 is 0. The van der Waals surface area contributed by atoms with Crippen molar-refractivity contribution >= 4 is 0 Å². The van der Waals surface area contributed by atoms with Crippen LogP contribution in [0.3, 0.4) is 0 Å². The van der Waals surface area contributed by atoms with Gasteiger partial charge in [-0.2, -0.15) is 0 Å². The molecule has 0 aromatic heterocycles. The molecule has 0 aliphatic carbocycles. The highest BCUT2D eigenvalue weighted by molar-refractivity contribution is 4.88. The van der Waals surface area contributed by atoms with Gasteiger partial charge in [-0.25, -0.2) is 0 Å². The molecule has 1 aliphatic rings. The molecule has 2 atom stereocenters. The van der Waals surface area contributed by atoms with E-state index in [0.717, 1.165) is 32.1 Å². The van der Waals surface area contributed by atoms with Gasteiger partial charge < -0.3 is 10.5 Å². The minimum absolute atomic E-state index is 0.302. The second-order valence-corrected chi connectivity index (χ2v) is 4.06. The third kappa shape index (κ3) is 1.80. The third-order valence-electron chi connectivity index (χ3n) is 3.31. The summed E-state index contributed by atoms with van der Waals surface area (Å²) in [7, 11) is 0. The maximum Gasteiger partial charge on any atom is 0.0537 e. The topological polar surface area (TPSA) is 35.2 Å². The molecular formula is C10H21NO. The summed E-state index contributed by atoms with van der Waals surface area (Å²) in [6.45, 7) is 7.12. The fourth-order valence-corrected chi connectivity index (χ4v) is 2.11. The van der Waals surface area contributed by atoms with Crippen LogP contribution in [-0.2, 0) is 4.74 Å². The Morgan fingerprint density at radius 3 is 2.75 bits per heavy atom. The molecule has 0 saturated carbocycles. The van der Waals surface area contributed by atoms with E-state index in [4.69, 9.17) is 10.5 Å². The molecule has 2 unspecified atom stereocenters. The lowest BCUT2D eigenvalue weighted by Gasteiger charge is -2.32. The fourth-order valence-electron chi connectivity index (χ4n) is 2.11. The summed E-state index contributed by atoms with van der Waals surface area (Å²) in [4.78, 5) is 0. The number of rotatable bonds is 4. The van der Waals surface area contributed by atoms with Crippen LogP contribution < -0.4 is 5.73 Å². The molecule has 0 aromatic carbocycles. The highest BCUT2D eigenvalue weighted by Crippen LogP contribution is 2.37. The molecule has 2 heteroatoms. The molecule has 2 nitrogen and oxygen atoms in total. The fraction of sp³-hybridized carbons (Fsp3) is 1.00. The van der Waals surface area contributed by atoms with Gasteiger partial charge >= 0.3 is 0 Å². The predicted octanol–water partition coefficient (Wildman–Crippen LogP) is 1.79. The van der Waals surface area contributed by atoms with Crippen LogP contribution in [0.4, 0.5) is 0 Å². The minimum atomic E-state index is 0.302. The standard InChI is InChI=1S/C10H21NO/c1-3-4-9(2)10(7-11)5-6-12-8-10/h9H,3-8,11H2,1-2H3. The smallest absolute Gasteiger partial charge is 0.0537 e. The molecule has 0 radical (unpaired) electrons. The van der Waals surface area contributed by atoms with E-state index < -0.39 is 0 Å². The van der Waals surface area contributed by atoms with Gasteiger partial charge in [0.1, 0.15) is 0 Å². The van der Waals surface area contributed by atoms with Gasteiger partial charge in [0.15, 0.2) is 0 Å². The van der Waals surface area contributed by atoms with Gasteiger partial charge in [-0.05, 0) is 12.3 Å².